The third-order valence-electron chi connectivity index (χ3n) is 4.77. The number of carbonyl (C=O) groups is 1. The summed E-state index contributed by atoms with van der Waals surface area (Å²) in [4.78, 5) is 16.9. The molecule has 10 heteroatoms. The zero-order valence-electron chi connectivity index (χ0n) is 18.0. The number of amidine groups is 1. The van der Waals surface area contributed by atoms with Crippen molar-refractivity contribution in [3.63, 3.8) is 0 Å². The van der Waals surface area contributed by atoms with Crippen LogP contribution in [-0.2, 0) is 20.1 Å². The SMILES string of the molecule is CC(C)(C)OC(=O)NC1=N[C@](C)(c2ccc(F)cc2F)CS(=O)(=O)[C@H]1c1cccc(O)c1. The van der Waals surface area contributed by atoms with Crippen LogP contribution in [0.4, 0.5) is 13.6 Å². The minimum atomic E-state index is -4.09. The number of nitrogens with zero attached hydrogens (tertiary/aromatic N) is 1. The number of ether oxygens (including phenoxy) is 1. The molecular formula is C22H24F2N2O5S. The number of nitrogens with one attached hydrogen (secondary N) is 1. The Kier molecular flexibility index (Phi) is 6.03. The molecule has 1 aliphatic rings. The third-order valence-corrected chi connectivity index (χ3v) is 6.95. The van der Waals surface area contributed by atoms with Gasteiger partial charge in [0, 0.05) is 11.6 Å². The molecule has 172 valence electrons. The van der Waals surface area contributed by atoms with Gasteiger partial charge < -0.3 is 9.84 Å². The summed E-state index contributed by atoms with van der Waals surface area (Å²) in [5.41, 5.74) is -2.49. The van der Waals surface area contributed by atoms with Gasteiger partial charge in [0.2, 0.25) is 0 Å². The number of hydrogen-bond donors (Lipinski definition) is 2. The van der Waals surface area contributed by atoms with Gasteiger partial charge in [0.15, 0.2) is 9.84 Å². The number of aliphatic imine (C=N–C) groups is 1. The first-order valence-corrected chi connectivity index (χ1v) is 11.5. The topological polar surface area (TPSA) is 105 Å². The summed E-state index contributed by atoms with van der Waals surface area (Å²) in [7, 11) is -4.09. The van der Waals surface area contributed by atoms with Crippen LogP contribution in [-0.4, -0.2) is 36.8 Å². The summed E-state index contributed by atoms with van der Waals surface area (Å²) < 4.78 is 60.0. The summed E-state index contributed by atoms with van der Waals surface area (Å²) in [5, 5.41) is 10.8. The Labute approximate surface area is 185 Å². The highest BCUT2D eigenvalue weighted by Crippen LogP contribution is 2.40. The minimum absolute atomic E-state index is 0.139. The van der Waals surface area contributed by atoms with Gasteiger partial charge in [-0.05, 0) is 51.5 Å². The predicted octanol–water partition coefficient (Wildman–Crippen LogP) is 3.98. The molecule has 7 nitrogen and oxygen atoms in total. The second-order valence-electron chi connectivity index (χ2n) is 8.80. The number of benzene rings is 2. The molecule has 2 atom stereocenters. The molecule has 0 bridgehead atoms. The summed E-state index contributed by atoms with van der Waals surface area (Å²) in [6.45, 7) is 6.29. The Hall–Kier alpha value is -3.01. The van der Waals surface area contributed by atoms with E-state index in [1.165, 1.54) is 31.2 Å². The number of hydrogen-bond acceptors (Lipinski definition) is 6. The molecule has 2 N–H and O–H groups in total. The average Bonchev–Trinajstić information content (AvgIpc) is 2.58. The molecule has 0 saturated carbocycles. The van der Waals surface area contributed by atoms with Crippen LogP contribution in [0.3, 0.4) is 0 Å². The summed E-state index contributed by atoms with van der Waals surface area (Å²) in [6, 6.07) is 8.32. The van der Waals surface area contributed by atoms with Gasteiger partial charge in [0.25, 0.3) is 0 Å². The Morgan fingerprint density at radius 1 is 1.22 bits per heavy atom. The van der Waals surface area contributed by atoms with Gasteiger partial charge in [0.05, 0.1) is 5.75 Å². The van der Waals surface area contributed by atoms with E-state index < -0.39 is 49.7 Å². The zero-order chi connectivity index (χ0) is 23.9. The molecule has 0 unspecified atom stereocenters. The lowest BCUT2D eigenvalue weighted by Crippen LogP contribution is -2.48. The molecule has 32 heavy (non-hydrogen) atoms. The summed E-state index contributed by atoms with van der Waals surface area (Å²) in [6.07, 6.45) is -0.944. The van der Waals surface area contributed by atoms with Crippen LogP contribution in [0.2, 0.25) is 0 Å². The molecule has 0 aromatic heterocycles. The lowest BCUT2D eigenvalue weighted by molar-refractivity contribution is 0.0562. The van der Waals surface area contributed by atoms with Gasteiger partial charge >= 0.3 is 6.09 Å². The van der Waals surface area contributed by atoms with Crippen LogP contribution in [0.5, 0.6) is 5.75 Å². The fraction of sp³-hybridized carbons (Fsp3) is 0.364. The molecule has 2 aromatic rings. The predicted molar refractivity (Wildman–Crippen MR) is 115 cm³/mol. The van der Waals surface area contributed by atoms with E-state index in [2.05, 4.69) is 10.3 Å². The van der Waals surface area contributed by atoms with Crippen LogP contribution in [0.1, 0.15) is 44.1 Å². The number of amides is 1. The van der Waals surface area contributed by atoms with Crippen molar-refractivity contribution in [3.8, 4) is 5.75 Å². The van der Waals surface area contributed by atoms with Gasteiger partial charge in [0.1, 0.15) is 39.6 Å². The molecule has 1 amide bonds. The van der Waals surface area contributed by atoms with Gasteiger partial charge in [-0.15, -0.1) is 0 Å². The number of phenols is 1. The van der Waals surface area contributed by atoms with Crippen molar-refractivity contribution in [2.24, 2.45) is 4.99 Å². The second kappa shape index (κ2) is 8.16. The van der Waals surface area contributed by atoms with Crippen molar-refractivity contribution >= 4 is 21.8 Å². The number of alkyl carbamates (subject to hydrolysis) is 1. The molecule has 1 heterocycles. The maximum Gasteiger partial charge on any atom is 0.413 e. The Balaban J connectivity index is 2.17. The van der Waals surface area contributed by atoms with Crippen molar-refractivity contribution in [2.75, 3.05) is 5.75 Å². The van der Waals surface area contributed by atoms with Crippen molar-refractivity contribution in [3.05, 3.63) is 65.2 Å². The van der Waals surface area contributed by atoms with Crippen LogP contribution >= 0.6 is 0 Å². The largest absolute Gasteiger partial charge is 0.508 e. The standard InChI is InChI=1S/C22H24F2N2O5S/c1-21(2,3)31-20(28)25-19-18(13-6-5-7-15(27)10-13)32(29,30)12-22(4,26-19)16-9-8-14(23)11-17(16)24/h5-11,18,27H,12H2,1-4H3,(H,25,26,28)/t18-,22-/m0/s1. The van der Waals surface area contributed by atoms with Crippen LogP contribution in [0, 0.1) is 11.6 Å². The Morgan fingerprint density at radius 2 is 1.91 bits per heavy atom. The van der Waals surface area contributed by atoms with Crippen molar-refractivity contribution in [2.45, 2.75) is 44.1 Å². The second-order valence-corrected chi connectivity index (χ2v) is 10.9. The zero-order valence-corrected chi connectivity index (χ0v) is 18.8. The first kappa shape index (κ1) is 23.6. The van der Waals surface area contributed by atoms with E-state index in [0.717, 1.165) is 12.1 Å². The molecule has 1 aliphatic heterocycles. The maximum atomic E-state index is 14.6. The van der Waals surface area contributed by atoms with Crippen LogP contribution in [0.15, 0.2) is 47.5 Å². The lowest BCUT2D eigenvalue weighted by Gasteiger charge is -2.35. The molecule has 2 aromatic carbocycles. The van der Waals surface area contributed by atoms with E-state index in [-0.39, 0.29) is 22.7 Å². The highest BCUT2D eigenvalue weighted by atomic mass is 32.2. The average molecular weight is 467 g/mol. The number of sulfone groups is 1. The van der Waals surface area contributed by atoms with E-state index in [1.807, 2.05) is 0 Å². The monoisotopic (exact) mass is 466 g/mol. The minimum Gasteiger partial charge on any atom is -0.508 e. The summed E-state index contributed by atoms with van der Waals surface area (Å²) in [5.74, 6) is -2.85. The van der Waals surface area contributed by atoms with Gasteiger partial charge in [-0.3, -0.25) is 10.3 Å². The number of rotatable bonds is 2. The molecule has 3 rings (SSSR count). The molecular weight excluding hydrogens is 442 g/mol. The van der Waals surface area contributed by atoms with Gasteiger partial charge in [-0.25, -0.2) is 22.0 Å². The fourth-order valence-electron chi connectivity index (χ4n) is 3.62. The lowest BCUT2D eigenvalue weighted by atomic mass is 9.93. The normalized spacial score (nSPS) is 22.7. The quantitative estimate of drug-likeness (QED) is 0.697. The molecule has 0 spiro atoms. The number of phenolic OH excluding ortho intramolecular Hbond substituents is 1. The van der Waals surface area contributed by atoms with Crippen LogP contribution < -0.4 is 5.32 Å². The molecule has 0 radical (unpaired) electrons. The number of aromatic hydroxyl groups is 1. The third kappa shape index (κ3) is 5.07. The highest BCUT2D eigenvalue weighted by molar-refractivity contribution is 7.92. The van der Waals surface area contributed by atoms with Crippen molar-refractivity contribution < 1.29 is 31.8 Å². The molecule has 0 aliphatic carbocycles. The van der Waals surface area contributed by atoms with E-state index in [1.54, 1.807) is 20.8 Å². The van der Waals surface area contributed by atoms with Crippen molar-refractivity contribution in [1.29, 1.82) is 0 Å². The Morgan fingerprint density at radius 3 is 2.50 bits per heavy atom. The maximum absolute atomic E-state index is 14.6. The highest BCUT2D eigenvalue weighted by Gasteiger charge is 2.47. The van der Waals surface area contributed by atoms with Crippen molar-refractivity contribution in [1.82, 2.24) is 5.32 Å². The number of halogens is 2. The Bertz CT molecular complexity index is 1190. The van der Waals surface area contributed by atoms with Gasteiger partial charge in [-0.2, -0.15) is 0 Å². The van der Waals surface area contributed by atoms with E-state index in [9.17, 15) is 27.1 Å². The van der Waals surface area contributed by atoms with Crippen LogP contribution in [0.25, 0.3) is 0 Å². The smallest absolute Gasteiger partial charge is 0.413 e. The van der Waals surface area contributed by atoms with E-state index in [4.69, 9.17) is 4.74 Å². The van der Waals surface area contributed by atoms with E-state index in [0.29, 0.717) is 6.07 Å². The first-order chi connectivity index (χ1) is 14.7. The molecule has 0 fully saturated rings. The number of carbonyl (C=O) groups excluding carboxylic acids is 1. The van der Waals surface area contributed by atoms with E-state index >= 15 is 0 Å². The first-order valence-electron chi connectivity index (χ1n) is 9.76. The fourth-order valence-corrected chi connectivity index (χ4v) is 5.80. The van der Waals surface area contributed by atoms with Gasteiger partial charge in [-0.1, -0.05) is 18.2 Å². The summed E-state index contributed by atoms with van der Waals surface area (Å²) >= 11 is 0. The molecule has 0 saturated heterocycles.